The number of amides is 1. The fourth-order valence-corrected chi connectivity index (χ4v) is 2.73. The van der Waals surface area contributed by atoms with Crippen molar-refractivity contribution in [3.63, 3.8) is 0 Å². The van der Waals surface area contributed by atoms with Crippen molar-refractivity contribution >= 4 is 11.9 Å². The third-order valence-corrected chi connectivity index (χ3v) is 4.23. The third-order valence-electron chi connectivity index (χ3n) is 4.23. The van der Waals surface area contributed by atoms with Crippen molar-refractivity contribution in [2.24, 2.45) is 0 Å². The average molecular weight is 372 g/mol. The predicted molar refractivity (Wildman–Crippen MR) is 103 cm³/mol. The molecule has 0 aliphatic rings. The van der Waals surface area contributed by atoms with Gasteiger partial charge in [-0.2, -0.15) is 0 Å². The van der Waals surface area contributed by atoms with Crippen molar-refractivity contribution in [2.75, 3.05) is 6.54 Å². The van der Waals surface area contributed by atoms with E-state index in [9.17, 15) is 9.59 Å². The average Bonchev–Trinajstić information content (AvgIpc) is 3.13. The van der Waals surface area contributed by atoms with Crippen LogP contribution < -0.4 is 10.1 Å². The minimum Gasteiger partial charge on any atom is -0.426 e. The van der Waals surface area contributed by atoms with Crippen molar-refractivity contribution in [2.45, 2.75) is 58.9 Å². The Kier molecular flexibility index (Phi) is 7.52. The van der Waals surface area contributed by atoms with Crippen LogP contribution >= 0.6 is 0 Å². The number of hydrogen-bond donors (Lipinski definition) is 1. The van der Waals surface area contributed by atoms with Crippen LogP contribution in [0, 0.1) is 0 Å². The van der Waals surface area contributed by atoms with Gasteiger partial charge in [-0.1, -0.05) is 51.1 Å². The first-order valence-corrected chi connectivity index (χ1v) is 9.32. The highest BCUT2D eigenvalue weighted by Crippen LogP contribution is 2.34. The van der Waals surface area contributed by atoms with Crippen LogP contribution in [-0.4, -0.2) is 33.4 Å². The Morgan fingerprint density at radius 2 is 1.78 bits per heavy atom. The molecule has 1 heterocycles. The van der Waals surface area contributed by atoms with Crippen molar-refractivity contribution in [3.8, 4) is 5.75 Å². The molecule has 1 N–H and O–H groups in total. The number of carbonyl (C=O) groups is 2. The summed E-state index contributed by atoms with van der Waals surface area (Å²) in [6, 6.07) is 5.95. The Balaban J connectivity index is 1.87. The van der Waals surface area contributed by atoms with Gasteiger partial charge in [-0.25, -0.2) is 0 Å². The zero-order valence-corrected chi connectivity index (χ0v) is 16.4. The van der Waals surface area contributed by atoms with Gasteiger partial charge in [0.2, 0.25) is 5.91 Å². The number of hydrogen-bond acceptors (Lipinski definition) is 5. The number of nitrogens with one attached hydrogen (secondary N) is 1. The van der Waals surface area contributed by atoms with E-state index in [1.807, 2.05) is 18.2 Å². The highest BCUT2D eigenvalue weighted by Gasteiger charge is 2.18. The predicted octanol–water partition coefficient (Wildman–Crippen LogP) is 3.03. The van der Waals surface area contributed by atoms with E-state index in [4.69, 9.17) is 4.74 Å². The molecule has 0 bridgehead atoms. The molecule has 1 amide bonds. The summed E-state index contributed by atoms with van der Waals surface area (Å²) >= 11 is 0. The number of aromatic nitrogens is 3. The smallest absolute Gasteiger partial charge is 0.311 e. The van der Waals surface area contributed by atoms with Gasteiger partial charge in [0, 0.05) is 19.2 Å². The molecule has 1 aromatic carbocycles. The maximum atomic E-state index is 12.3. The minimum absolute atomic E-state index is 0.0408. The summed E-state index contributed by atoms with van der Waals surface area (Å²) in [6.07, 6.45) is 3.44. The molecule has 0 saturated carbocycles. The molecule has 7 heteroatoms. The Labute approximate surface area is 160 Å². The summed E-state index contributed by atoms with van der Waals surface area (Å²) in [5.74, 6) is 0.543. The summed E-state index contributed by atoms with van der Waals surface area (Å²) < 4.78 is 7.30. The van der Waals surface area contributed by atoms with E-state index >= 15 is 0 Å². The van der Waals surface area contributed by atoms with Gasteiger partial charge in [-0.3, -0.25) is 14.3 Å². The molecule has 27 heavy (non-hydrogen) atoms. The van der Waals surface area contributed by atoms with Gasteiger partial charge < -0.3 is 10.1 Å². The molecular weight excluding hydrogens is 344 g/mol. The monoisotopic (exact) mass is 372 g/mol. The SMILES string of the molecule is CC(C)c1cccc(C(C)C)c1OC(=O)CCC(=O)NCCn1ccnn1. The molecular formula is C20H28N4O3. The Morgan fingerprint density at radius 1 is 1.11 bits per heavy atom. The highest BCUT2D eigenvalue weighted by molar-refractivity contribution is 5.82. The van der Waals surface area contributed by atoms with Gasteiger partial charge >= 0.3 is 5.97 Å². The second-order valence-corrected chi connectivity index (χ2v) is 7.07. The molecule has 0 aliphatic heterocycles. The van der Waals surface area contributed by atoms with E-state index in [0.717, 1.165) is 11.1 Å². The van der Waals surface area contributed by atoms with Crippen LogP contribution in [0.5, 0.6) is 5.75 Å². The largest absolute Gasteiger partial charge is 0.426 e. The maximum Gasteiger partial charge on any atom is 0.311 e. The molecule has 0 aliphatic carbocycles. The molecule has 2 rings (SSSR count). The van der Waals surface area contributed by atoms with Gasteiger partial charge in [-0.05, 0) is 23.0 Å². The van der Waals surface area contributed by atoms with E-state index in [-0.39, 0.29) is 30.6 Å². The van der Waals surface area contributed by atoms with E-state index in [2.05, 4.69) is 43.3 Å². The standard InChI is InChI=1S/C20H28N4O3/c1-14(2)16-6-5-7-17(15(3)4)20(16)27-19(26)9-8-18(25)21-10-12-24-13-11-22-23-24/h5-7,11,13-15H,8-10,12H2,1-4H3,(H,21,25). The van der Waals surface area contributed by atoms with Crippen LogP contribution in [0.1, 0.15) is 63.5 Å². The zero-order valence-electron chi connectivity index (χ0n) is 16.4. The molecule has 0 fully saturated rings. The Bertz CT molecular complexity index is 728. The first-order chi connectivity index (χ1) is 12.9. The topological polar surface area (TPSA) is 86.1 Å². The van der Waals surface area contributed by atoms with Gasteiger partial charge in [0.15, 0.2) is 0 Å². The maximum absolute atomic E-state index is 12.3. The highest BCUT2D eigenvalue weighted by atomic mass is 16.5. The molecule has 1 aromatic heterocycles. The normalized spacial score (nSPS) is 11.0. The van der Waals surface area contributed by atoms with Crippen molar-refractivity contribution in [3.05, 3.63) is 41.7 Å². The van der Waals surface area contributed by atoms with Gasteiger partial charge in [0.05, 0.1) is 19.2 Å². The van der Waals surface area contributed by atoms with Gasteiger partial charge in [0.25, 0.3) is 0 Å². The first kappa shape index (κ1) is 20.6. The van der Waals surface area contributed by atoms with E-state index in [1.54, 1.807) is 17.1 Å². The molecule has 146 valence electrons. The number of para-hydroxylation sites is 1. The van der Waals surface area contributed by atoms with Crippen molar-refractivity contribution < 1.29 is 14.3 Å². The minimum atomic E-state index is -0.392. The second-order valence-electron chi connectivity index (χ2n) is 7.07. The van der Waals surface area contributed by atoms with Crippen LogP contribution in [0.15, 0.2) is 30.6 Å². The number of rotatable bonds is 9. The number of esters is 1. The van der Waals surface area contributed by atoms with Crippen LogP contribution in [0.25, 0.3) is 0 Å². The Morgan fingerprint density at radius 3 is 2.33 bits per heavy atom. The fraction of sp³-hybridized carbons (Fsp3) is 0.500. The van der Waals surface area contributed by atoms with Crippen molar-refractivity contribution in [1.29, 1.82) is 0 Å². The van der Waals surface area contributed by atoms with Crippen LogP contribution in [0.4, 0.5) is 0 Å². The zero-order chi connectivity index (χ0) is 19.8. The molecule has 7 nitrogen and oxygen atoms in total. The molecule has 2 aromatic rings. The number of carbonyl (C=O) groups excluding carboxylic acids is 2. The summed E-state index contributed by atoms with van der Waals surface area (Å²) in [5, 5.41) is 10.3. The number of nitrogens with zero attached hydrogens (tertiary/aromatic N) is 3. The first-order valence-electron chi connectivity index (χ1n) is 9.32. The van der Waals surface area contributed by atoms with Crippen LogP contribution in [0.3, 0.4) is 0 Å². The summed E-state index contributed by atoms with van der Waals surface area (Å²) in [5.41, 5.74) is 2.01. The molecule has 0 atom stereocenters. The lowest BCUT2D eigenvalue weighted by atomic mass is 9.94. The molecule has 0 radical (unpaired) electrons. The van der Waals surface area contributed by atoms with Gasteiger partial charge in [-0.15, -0.1) is 5.10 Å². The molecule has 0 saturated heterocycles. The van der Waals surface area contributed by atoms with Gasteiger partial charge in [0.1, 0.15) is 5.75 Å². The van der Waals surface area contributed by atoms with Crippen LogP contribution in [0.2, 0.25) is 0 Å². The third kappa shape index (κ3) is 6.20. The lowest BCUT2D eigenvalue weighted by molar-refractivity contribution is -0.136. The number of ether oxygens (including phenoxy) is 1. The Hall–Kier alpha value is -2.70. The molecule has 0 spiro atoms. The fourth-order valence-electron chi connectivity index (χ4n) is 2.73. The summed E-state index contributed by atoms with van der Waals surface area (Å²) in [7, 11) is 0. The van der Waals surface area contributed by atoms with Crippen molar-refractivity contribution in [1.82, 2.24) is 20.3 Å². The van der Waals surface area contributed by atoms with E-state index in [1.165, 1.54) is 0 Å². The lowest BCUT2D eigenvalue weighted by Crippen LogP contribution is -2.28. The lowest BCUT2D eigenvalue weighted by Gasteiger charge is -2.18. The summed E-state index contributed by atoms with van der Waals surface area (Å²) in [4.78, 5) is 24.2. The number of benzene rings is 1. The van der Waals surface area contributed by atoms with Crippen LogP contribution in [-0.2, 0) is 16.1 Å². The van der Waals surface area contributed by atoms with E-state index in [0.29, 0.717) is 18.8 Å². The second kappa shape index (κ2) is 9.85. The van der Waals surface area contributed by atoms with E-state index < -0.39 is 5.97 Å². The summed E-state index contributed by atoms with van der Waals surface area (Å²) in [6.45, 7) is 9.25. The quantitative estimate of drug-likeness (QED) is 0.540. The molecule has 0 unspecified atom stereocenters.